The Kier molecular flexibility index (Phi) is 8.58. The van der Waals surface area contributed by atoms with Crippen molar-refractivity contribution in [2.75, 3.05) is 11.9 Å². The van der Waals surface area contributed by atoms with Crippen molar-refractivity contribution in [3.8, 4) is 5.75 Å². The van der Waals surface area contributed by atoms with Crippen LogP contribution in [0.5, 0.6) is 5.75 Å². The summed E-state index contributed by atoms with van der Waals surface area (Å²) in [6.07, 6.45) is 1.35. The maximum absolute atomic E-state index is 12.2. The fraction of sp³-hybridized carbons (Fsp3) is 0.0455. The summed E-state index contributed by atoms with van der Waals surface area (Å²) in [4.78, 5) is 34.6. The van der Waals surface area contributed by atoms with Gasteiger partial charge in [0.25, 0.3) is 17.5 Å². The summed E-state index contributed by atoms with van der Waals surface area (Å²) >= 11 is 15.2. The molecule has 0 fully saturated rings. The van der Waals surface area contributed by atoms with Crippen LogP contribution in [-0.4, -0.2) is 29.6 Å². The largest absolute Gasteiger partial charge is 0.483 e. The van der Waals surface area contributed by atoms with Crippen molar-refractivity contribution in [1.82, 2.24) is 5.43 Å². The number of halogens is 3. The zero-order valence-electron chi connectivity index (χ0n) is 17.1. The monoisotopic (exact) mass is 564 g/mol. The lowest BCUT2D eigenvalue weighted by atomic mass is 10.2. The molecule has 3 aromatic rings. The van der Waals surface area contributed by atoms with Crippen LogP contribution in [0.2, 0.25) is 10.0 Å². The molecule has 0 spiro atoms. The number of hydrogen-bond donors (Lipinski definition) is 2. The van der Waals surface area contributed by atoms with Gasteiger partial charge in [-0.15, -0.1) is 0 Å². The number of non-ortho nitro benzene ring substituents is 1. The number of nitro groups is 1. The van der Waals surface area contributed by atoms with Crippen molar-refractivity contribution < 1.29 is 19.2 Å². The van der Waals surface area contributed by atoms with Gasteiger partial charge in [0.2, 0.25) is 0 Å². The third-order valence-corrected chi connectivity index (χ3v) is 5.48. The minimum absolute atomic E-state index is 0.126. The highest BCUT2D eigenvalue weighted by atomic mass is 79.9. The number of ether oxygens (including phenoxy) is 1. The number of amides is 2. The lowest BCUT2D eigenvalue weighted by Crippen LogP contribution is -2.20. The van der Waals surface area contributed by atoms with E-state index in [9.17, 15) is 19.7 Å². The number of benzene rings is 3. The minimum atomic E-state index is -0.556. The molecule has 12 heteroatoms. The molecule has 0 radical (unpaired) electrons. The number of carbonyl (C=O) groups excluding carboxylic acids is 2. The number of nitrogens with one attached hydrogen (secondary N) is 2. The first-order chi connectivity index (χ1) is 16.2. The fourth-order valence-corrected chi connectivity index (χ4v) is 3.30. The molecule has 0 aliphatic heterocycles. The van der Waals surface area contributed by atoms with E-state index in [2.05, 4.69) is 31.8 Å². The third kappa shape index (κ3) is 7.01. The van der Waals surface area contributed by atoms with Gasteiger partial charge in [0.1, 0.15) is 5.75 Å². The molecule has 0 unspecified atom stereocenters. The molecule has 2 amide bonds. The Morgan fingerprint density at radius 2 is 1.79 bits per heavy atom. The Bertz CT molecular complexity index is 1270. The average Bonchev–Trinajstić information content (AvgIpc) is 2.81. The molecule has 0 saturated carbocycles. The van der Waals surface area contributed by atoms with Crippen LogP contribution in [0.3, 0.4) is 0 Å². The van der Waals surface area contributed by atoms with Crippen molar-refractivity contribution in [3.63, 3.8) is 0 Å². The lowest BCUT2D eigenvalue weighted by Gasteiger charge is -2.10. The van der Waals surface area contributed by atoms with Crippen LogP contribution in [0.1, 0.15) is 15.9 Å². The molecule has 2 N–H and O–H groups in total. The van der Waals surface area contributed by atoms with Crippen LogP contribution in [-0.2, 0) is 4.79 Å². The summed E-state index contributed by atoms with van der Waals surface area (Å²) in [5.41, 5.74) is 3.37. The van der Waals surface area contributed by atoms with Gasteiger partial charge >= 0.3 is 0 Å². The van der Waals surface area contributed by atoms with Crippen LogP contribution in [0.15, 0.2) is 70.2 Å². The topological polar surface area (TPSA) is 123 Å². The molecule has 3 rings (SSSR count). The first-order valence-electron chi connectivity index (χ1n) is 9.48. The predicted molar refractivity (Wildman–Crippen MR) is 133 cm³/mol. The molecule has 9 nitrogen and oxygen atoms in total. The molecule has 34 heavy (non-hydrogen) atoms. The molecule has 0 aromatic heterocycles. The highest BCUT2D eigenvalue weighted by Crippen LogP contribution is 2.25. The van der Waals surface area contributed by atoms with Gasteiger partial charge in [0.15, 0.2) is 6.61 Å². The predicted octanol–water partition coefficient (Wildman–Crippen LogP) is 5.45. The smallest absolute Gasteiger partial charge is 0.271 e. The molecule has 0 heterocycles. The summed E-state index contributed by atoms with van der Waals surface area (Å²) in [5, 5.41) is 17.9. The van der Waals surface area contributed by atoms with Gasteiger partial charge in [0, 0.05) is 33.4 Å². The van der Waals surface area contributed by atoms with Gasteiger partial charge in [-0.1, -0.05) is 39.1 Å². The molecular weight excluding hydrogens is 551 g/mol. The number of nitrogens with zero attached hydrogens (tertiary/aromatic N) is 2. The van der Waals surface area contributed by atoms with Crippen molar-refractivity contribution >= 4 is 68.5 Å². The second-order valence-electron chi connectivity index (χ2n) is 6.65. The number of hydrogen-bond acceptors (Lipinski definition) is 6. The SMILES string of the molecule is O=C(COc1ccc(Br)cc1/C=N/NC(=O)c1ccc([N+](=O)[O-])cc1)Nc1ccc(Cl)c(Cl)c1. The summed E-state index contributed by atoms with van der Waals surface area (Å²) in [5.74, 6) is -0.624. The van der Waals surface area contributed by atoms with Crippen molar-refractivity contribution in [2.24, 2.45) is 5.10 Å². The molecule has 0 bridgehead atoms. The van der Waals surface area contributed by atoms with Gasteiger partial charge in [-0.25, -0.2) is 5.43 Å². The molecular formula is C22H15BrCl2N4O5. The van der Waals surface area contributed by atoms with Crippen LogP contribution in [0.25, 0.3) is 0 Å². The summed E-state index contributed by atoms with van der Waals surface area (Å²) in [6, 6.07) is 14.8. The van der Waals surface area contributed by atoms with E-state index in [4.69, 9.17) is 27.9 Å². The number of hydrazone groups is 1. The highest BCUT2D eigenvalue weighted by molar-refractivity contribution is 9.10. The van der Waals surface area contributed by atoms with E-state index in [1.807, 2.05) is 0 Å². The van der Waals surface area contributed by atoms with E-state index >= 15 is 0 Å². The van der Waals surface area contributed by atoms with E-state index in [0.29, 0.717) is 27.0 Å². The first-order valence-corrected chi connectivity index (χ1v) is 11.0. The highest BCUT2D eigenvalue weighted by Gasteiger charge is 2.10. The van der Waals surface area contributed by atoms with Crippen molar-refractivity contribution in [3.05, 3.63) is 96.4 Å². The van der Waals surface area contributed by atoms with E-state index in [0.717, 1.165) is 4.47 Å². The maximum atomic E-state index is 12.2. The summed E-state index contributed by atoms with van der Waals surface area (Å²) < 4.78 is 6.32. The zero-order chi connectivity index (χ0) is 24.7. The fourth-order valence-electron chi connectivity index (χ4n) is 2.63. The Hall–Kier alpha value is -3.47. The first kappa shape index (κ1) is 25.2. The van der Waals surface area contributed by atoms with Crippen LogP contribution in [0.4, 0.5) is 11.4 Å². The molecule has 0 saturated heterocycles. The normalized spacial score (nSPS) is 10.7. The van der Waals surface area contributed by atoms with Crippen molar-refractivity contribution in [1.29, 1.82) is 0 Å². The zero-order valence-corrected chi connectivity index (χ0v) is 20.2. The van der Waals surface area contributed by atoms with Crippen molar-refractivity contribution in [2.45, 2.75) is 0 Å². The minimum Gasteiger partial charge on any atom is -0.483 e. The molecule has 0 aliphatic rings. The third-order valence-electron chi connectivity index (χ3n) is 4.24. The Morgan fingerprint density at radius 3 is 2.47 bits per heavy atom. The van der Waals surface area contributed by atoms with E-state index < -0.39 is 16.7 Å². The number of rotatable bonds is 8. The van der Waals surface area contributed by atoms with Gasteiger partial charge in [-0.3, -0.25) is 19.7 Å². The summed E-state index contributed by atoms with van der Waals surface area (Å²) in [7, 11) is 0. The van der Waals surface area contributed by atoms with Crippen LogP contribution < -0.4 is 15.5 Å². The maximum Gasteiger partial charge on any atom is 0.271 e. The van der Waals surface area contributed by atoms with Gasteiger partial charge in [-0.2, -0.15) is 5.10 Å². The van der Waals surface area contributed by atoms with E-state index in [1.165, 1.54) is 36.5 Å². The van der Waals surface area contributed by atoms with Crippen LogP contribution in [0, 0.1) is 10.1 Å². The van der Waals surface area contributed by atoms with Crippen LogP contribution >= 0.6 is 39.1 Å². The second kappa shape index (κ2) is 11.6. The Labute approximate surface area is 212 Å². The Morgan fingerprint density at radius 1 is 1.06 bits per heavy atom. The average molecular weight is 566 g/mol. The number of nitro benzene ring substituents is 1. The van der Waals surface area contributed by atoms with Gasteiger partial charge in [-0.05, 0) is 48.5 Å². The molecule has 3 aromatic carbocycles. The number of anilines is 1. The molecule has 0 atom stereocenters. The molecule has 174 valence electrons. The lowest BCUT2D eigenvalue weighted by molar-refractivity contribution is -0.384. The van der Waals surface area contributed by atoms with Gasteiger partial charge in [0.05, 0.1) is 21.2 Å². The summed E-state index contributed by atoms with van der Waals surface area (Å²) in [6.45, 7) is -0.294. The van der Waals surface area contributed by atoms with E-state index in [-0.39, 0.29) is 17.9 Å². The molecule has 0 aliphatic carbocycles. The second-order valence-corrected chi connectivity index (χ2v) is 8.38. The standard InChI is InChI=1S/C22H15BrCl2N4O5/c23-15-3-8-20(34-12-21(30)27-16-4-7-18(24)19(25)10-16)14(9-15)11-26-28-22(31)13-1-5-17(6-2-13)29(32)33/h1-11H,12H2,(H,27,30)(H,28,31)/b26-11+. The quantitative estimate of drug-likeness (QED) is 0.214. The Balaban J connectivity index is 1.61. The number of carbonyl (C=O) groups is 2. The van der Waals surface area contributed by atoms with E-state index in [1.54, 1.807) is 30.3 Å². The van der Waals surface area contributed by atoms with Gasteiger partial charge < -0.3 is 10.1 Å².